The van der Waals surface area contributed by atoms with Crippen molar-refractivity contribution in [2.45, 2.75) is 57.4 Å². The summed E-state index contributed by atoms with van der Waals surface area (Å²) in [6, 6.07) is 10.7. The van der Waals surface area contributed by atoms with Crippen LogP contribution in [0.2, 0.25) is 0 Å². The van der Waals surface area contributed by atoms with E-state index in [4.69, 9.17) is 0 Å². The Labute approximate surface area is 122 Å². The molecule has 1 amide bonds. The zero-order chi connectivity index (χ0) is 13.9. The van der Waals surface area contributed by atoms with E-state index in [0.717, 1.165) is 30.2 Å². The molecule has 2 saturated carbocycles. The summed E-state index contributed by atoms with van der Waals surface area (Å²) in [7, 11) is 0. The monoisotopic (exact) mass is 271 g/mol. The topological polar surface area (TPSA) is 29.1 Å². The van der Waals surface area contributed by atoms with E-state index in [-0.39, 0.29) is 11.8 Å². The van der Waals surface area contributed by atoms with Gasteiger partial charge in [-0.2, -0.15) is 0 Å². The highest BCUT2D eigenvalue weighted by atomic mass is 16.2. The van der Waals surface area contributed by atoms with Gasteiger partial charge in [-0.3, -0.25) is 4.79 Å². The Morgan fingerprint density at radius 3 is 2.25 bits per heavy atom. The number of amides is 1. The smallest absolute Gasteiger partial charge is 0.227 e. The first kappa shape index (κ1) is 13.7. The van der Waals surface area contributed by atoms with Crippen LogP contribution >= 0.6 is 0 Å². The Morgan fingerprint density at radius 2 is 1.75 bits per heavy atom. The third-order valence-corrected chi connectivity index (χ3v) is 4.66. The summed E-state index contributed by atoms with van der Waals surface area (Å²) < 4.78 is 0. The molecule has 0 radical (unpaired) electrons. The van der Waals surface area contributed by atoms with Crippen LogP contribution in [0.4, 0.5) is 0 Å². The molecule has 0 spiro atoms. The van der Waals surface area contributed by atoms with E-state index in [1.807, 2.05) is 18.2 Å². The van der Waals surface area contributed by atoms with Crippen molar-refractivity contribution in [2.24, 2.45) is 11.8 Å². The predicted molar refractivity (Wildman–Crippen MR) is 81.5 cm³/mol. The van der Waals surface area contributed by atoms with Crippen molar-refractivity contribution in [2.75, 3.05) is 0 Å². The number of hydrogen-bond acceptors (Lipinski definition) is 1. The van der Waals surface area contributed by atoms with Crippen LogP contribution in [0, 0.1) is 11.8 Å². The average Bonchev–Trinajstić information content (AvgIpc) is 3.36. The fourth-order valence-electron chi connectivity index (χ4n) is 3.22. The Kier molecular flexibility index (Phi) is 4.09. The van der Waals surface area contributed by atoms with Crippen molar-refractivity contribution in [3.05, 3.63) is 35.9 Å². The van der Waals surface area contributed by atoms with Crippen molar-refractivity contribution < 1.29 is 4.79 Å². The maximum atomic E-state index is 12.7. The second-order valence-electron chi connectivity index (χ2n) is 6.46. The van der Waals surface area contributed by atoms with E-state index in [9.17, 15) is 4.79 Å². The van der Waals surface area contributed by atoms with E-state index < -0.39 is 0 Å². The summed E-state index contributed by atoms with van der Waals surface area (Å²) >= 11 is 0. The van der Waals surface area contributed by atoms with Crippen LogP contribution in [-0.4, -0.2) is 11.9 Å². The van der Waals surface area contributed by atoms with Crippen molar-refractivity contribution >= 4 is 5.91 Å². The van der Waals surface area contributed by atoms with Crippen molar-refractivity contribution in [1.29, 1.82) is 0 Å². The molecule has 1 N–H and O–H groups in total. The summed E-state index contributed by atoms with van der Waals surface area (Å²) in [4.78, 5) is 12.7. The molecule has 2 aliphatic carbocycles. The second kappa shape index (κ2) is 5.99. The molecule has 1 aromatic rings. The molecule has 1 aromatic carbocycles. The molecule has 2 heteroatoms. The summed E-state index contributed by atoms with van der Waals surface area (Å²) in [6.07, 6.45) is 7.23. The number of carbonyl (C=O) groups is 1. The highest BCUT2D eigenvalue weighted by Gasteiger charge is 2.42. The molecule has 0 heterocycles. The molecule has 0 bridgehead atoms. The predicted octanol–water partition coefficient (Wildman–Crippen LogP) is 3.88. The van der Waals surface area contributed by atoms with E-state index in [2.05, 4.69) is 24.4 Å². The first-order valence-corrected chi connectivity index (χ1v) is 8.15. The van der Waals surface area contributed by atoms with Gasteiger partial charge in [0, 0.05) is 6.04 Å². The van der Waals surface area contributed by atoms with Crippen LogP contribution < -0.4 is 5.32 Å². The van der Waals surface area contributed by atoms with Gasteiger partial charge in [0.05, 0.1) is 5.92 Å². The minimum atomic E-state index is 0.0289. The van der Waals surface area contributed by atoms with E-state index >= 15 is 0 Å². The van der Waals surface area contributed by atoms with Crippen LogP contribution in [0.15, 0.2) is 30.3 Å². The molecule has 0 aromatic heterocycles. The van der Waals surface area contributed by atoms with Crippen LogP contribution in [0.25, 0.3) is 0 Å². The van der Waals surface area contributed by atoms with E-state index in [1.165, 1.54) is 25.7 Å². The van der Waals surface area contributed by atoms with Crippen molar-refractivity contribution in [3.63, 3.8) is 0 Å². The first-order valence-electron chi connectivity index (χ1n) is 8.15. The normalized spacial score (nSPS) is 19.9. The largest absolute Gasteiger partial charge is 0.352 e. The molecule has 2 fully saturated rings. The molecule has 2 aliphatic rings. The molecule has 3 rings (SSSR count). The molecule has 20 heavy (non-hydrogen) atoms. The standard InChI is InChI=1S/C18H25NO/c1-2-6-16(13-7-4-3-5-8-13)18(20)19-17(14-9-10-14)15-11-12-15/h3-5,7-8,14-17H,2,6,9-12H2,1H3,(H,19,20). The minimum absolute atomic E-state index is 0.0289. The van der Waals surface area contributed by atoms with Crippen LogP contribution in [0.3, 0.4) is 0 Å². The van der Waals surface area contributed by atoms with Gasteiger partial charge in [-0.25, -0.2) is 0 Å². The number of benzene rings is 1. The number of rotatable bonds is 7. The highest BCUT2D eigenvalue weighted by Crippen LogP contribution is 2.44. The van der Waals surface area contributed by atoms with Gasteiger partial charge < -0.3 is 5.32 Å². The molecular weight excluding hydrogens is 246 g/mol. The molecular formula is C18H25NO. The van der Waals surface area contributed by atoms with Gasteiger partial charge in [-0.05, 0) is 49.5 Å². The lowest BCUT2D eigenvalue weighted by atomic mass is 9.93. The van der Waals surface area contributed by atoms with Gasteiger partial charge in [0.2, 0.25) is 5.91 Å². The zero-order valence-corrected chi connectivity index (χ0v) is 12.3. The Balaban J connectivity index is 1.68. The lowest BCUT2D eigenvalue weighted by Gasteiger charge is -2.22. The van der Waals surface area contributed by atoms with E-state index in [1.54, 1.807) is 0 Å². The molecule has 2 nitrogen and oxygen atoms in total. The second-order valence-corrected chi connectivity index (χ2v) is 6.46. The highest BCUT2D eigenvalue weighted by molar-refractivity contribution is 5.84. The molecule has 1 atom stereocenters. The minimum Gasteiger partial charge on any atom is -0.352 e. The summed E-state index contributed by atoms with van der Waals surface area (Å²) in [5.41, 5.74) is 1.16. The molecule has 0 aliphatic heterocycles. The van der Waals surface area contributed by atoms with E-state index in [0.29, 0.717) is 6.04 Å². The first-order chi connectivity index (χ1) is 9.79. The number of nitrogens with one attached hydrogen (secondary N) is 1. The average molecular weight is 271 g/mol. The molecule has 108 valence electrons. The van der Waals surface area contributed by atoms with Gasteiger partial charge >= 0.3 is 0 Å². The Morgan fingerprint density at radius 1 is 1.15 bits per heavy atom. The molecule has 0 saturated heterocycles. The Hall–Kier alpha value is -1.31. The molecule has 1 unspecified atom stereocenters. The quantitative estimate of drug-likeness (QED) is 0.801. The van der Waals surface area contributed by atoms with Gasteiger partial charge in [0.1, 0.15) is 0 Å². The lowest BCUT2D eigenvalue weighted by molar-refractivity contribution is -0.123. The number of hydrogen-bond donors (Lipinski definition) is 1. The fourth-order valence-corrected chi connectivity index (χ4v) is 3.22. The van der Waals surface area contributed by atoms with Crippen molar-refractivity contribution in [3.8, 4) is 0 Å². The summed E-state index contributed by atoms with van der Waals surface area (Å²) in [5.74, 6) is 1.82. The Bertz CT molecular complexity index is 436. The van der Waals surface area contributed by atoms with Gasteiger partial charge in [-0.1, -0.05) is 43.7 Å². The van der Waals surface area contributed by atoms with Crippen LogP contribution in [-0.2, 0) is 4.79 Å². The maximum Gasteiger partial charge on any atom is 0.227 e. The van der Waals surface area contributed by atoms with Gasteiger partial charge in [-0.15, -0.1) is 0 Å². The number of carbonyl (C=O) groups excluding carboxylic acids is 1. The van der Waals surface area contributed by atoms with Crippen molar-refractivity contribution in [1.82, 2.24) is 5.32 Å². The third kappa shape index (κ3) is 3.23. The summed E-state index contributed by atoms with van der Waals surface area (Å²) in [5, 5.41) is 3.39. The SMILES string of the molecule is CCCC(C(=O)NC(C1CC1)C1CC1)c1ccccc1. The summed E-state index contributed by atoms with van der Waals surface area (Å²) in [6.45, 7) is 2.16. The lowest BCUT2D eigenvalue weighted by Crippen LogP contribution is -2.40. The maximum absolute atomic E-state index is 12.7. The van der Waals surface area contributed by atoms with Gasteiger partial charge in [0.25, 0.3) is 0 Å². The fraction of sp³-hybridized carbons (Fsp3) is 0.611. The van der Waals surface area contributed by atoms with Crippen LogP contribution in [0.5, 0.6) is 0 Å². The van der Waals surface area contributed by atoms with Crippen LogP contribution in [0.1, 0.15) is 56.9 Å². The van der Waals surface area contributed by atoms with Gasteiger partial charge in [0.15, 0.2) is 0 Å². The third-order valence-electron chi connectivity index (χ3n) is 4.66. The zero-order valence-electron chi connectivity index (χ0n) is 12.3.